The lowest BCUT2D eigenvalue weighted by atomic mass is 10.1. The number of nitrogens with one attached hydrogen (secondary N) is 2. The van der Waals surface area contributed by atoms with Crippen LogP contribution < -0.4 is 10.6 Å². The molecule has 2 aromatic carbocycles. The number of halogens is 1. The second-order valence-electron chi connectivity index (χ2n) is 5.47. The van der Waals surface area contributed by atoms with Gasteiger partial charge in [0, 0.05) is 17.3 Å². The fourth-order valence-electron chi connectivity index (χ4n) is 2.20. The molecular weight excluding hydrogens is 348 g/mol. The Morgan fingerprint density at radius 3 is 2.38 bits per heavy atom. The molecule has 0 saturated carbocycles. The van der Waals surface area contributed by atoms with Gasteiger partial charge in [-0.25, -0.2) is 8.42 Å². The highest BCUT2D eigenvalue weighted by Crippen LogP contribution is 2.20. The van der Waals surface area contributed by atoms with Gasteiger partial charge in [0.2, 0.25) is 5.91 Å². The minimum Gasteiger partial charge on any atom is -0.324 e. The van der Waals surface area contributed by atoms with Gasteiger partial charge in [0.05, 0.1) is 17.1 Å². The third kappa shape index (κ3) is 5.06. The van der Waals surface area contributed by atoms with Crippen LogP contribution in [-0.4, -0.2) is 27.1 Å². The Morgan fingerprint density at radius 2 is 1.75 bits per heavy atom. The van der Waals surface area contributed by atoms with Gasteiger partial charge < -0.3 is 10.6 Å². The predicted molar refractivity (Wildman–Crippen MR) is 96.1 cm³/mol. The van der Waals surface area contributed by atoms with Gasteiger partial charge >= 0.3 is 0 Å². The largest absolute Gasteiger partial charge is 0.324 e. The monoisotopic (exact) mass is 366 g/mol. The summed E-state index contributed by atoms with van der Waals surface area (Å²) in [5, 5.41) is 6.38. The average Bonchev–Trinajstić information content (AvgIpc) is 2.53. The molecule has 24 heavy (non-hydrogen) atoms. The summed E-state index contributed by atoms with van der Waals surface area (Å²) >= 11 is 5.85. The molecule has 0 aliphatic rings. The fraction of sp³-hybridized carbons (Fsp3) is 0.235. The Morgan fingerprint density at radius 1 is 1.12 bits per heavy atom. The molecule has 1 amide bonds. The van der Waals surface area contributed by atoms with E-state index in [1.165, 1.54) is 6.07 Å². The van der Waals surface area contributed by atoms with E-state index in [1.54, 1.807) is 30.3 Å². The lowest BCUT2D eigenvalue weighted by molar-refractivity contribution is -0.115. The fourth-order valence-corrected chi connectivity index (χ4v) is 3.17. The summed E-state index contributed by atoms with van der Waals surface area (Å²) in [7, 11) is -3.41. The van der Waals surface area contributed by atoms with E-state index in [4.69, 9.17) is 11.6 Å². The van der Waals surface area contributed by atoms with Crippen molar-refractivity contribution < 1.29 is 13.2 Å². The topological polar surface area (TPSA) is 75.3 Å². The first-order valence-corrected chi connectivity index (χ1v) is 9.62. The van der Waals surface area contributed by atoms with Crippen LogP contribution in [0.4, 0.5) is 5.69 Å². The Hall–Kier alpha value is -1.89. The molecular formula is C17H19ClN2O3S. The Bertz CT molecular complexity index is 820. The zero-order valence-corrected chi connectivity index (χ0v) is 15.0. The van der Waals surface area contributed by atoms with Gasteiger partial charge in [-0.15, -0.1) is 0 Å². The van der Waals surface area contributed by atoms with Crippen LogP contribution in [0.25, 0.3) is 0 Å². The van der Waals surface area contributed by atoms with E-state index < -0.39 is 9.84 Å². The van der Waals surface area contributed by atoms with Crippen molar-refractivity contribution in [3.63, 3.8) is 0 Å². The molecule has 2 N–H and O–H groups in total. The molecule has 2 aromatic rings. The van der Waals surface area contributed by atoms with Crippen LogP contribution in [0.2, 0.25) is 5.02 Å². The summed E-state index contributed by atoms with van der Waals surface area (Å²) in [5.41, 5.74) is 1.29. The molecule has 128 valence electrons. The molecule has 0 radical (unpaired) electrons. The van der Waals surface area contributed by atoms with Crippen LogP contribution in [-0.2, 0) is 14.6 Å². The third-order valence-corrected chi connectivity index (χ3v) is 4.91. The van der Waals surface area contributed by atoms with Crippen LogP contribution in [0.1, 0.15) is 18.5 Å². The first-order valence-electron chi connectivity index (χ1n) is 7.35. The molecule has 0 heterocycles. The van der Waals surface area contributed by atoms with Crippen LogP contribution in [0.15, 0.2) is 53.4 Å². The highest BCUT2D eigenvalue weighted by molar-refractivity contribution is 7.90. The highest BCUT2D eigenvalue weighted by Gasteiger charge is 2.15. The van der Waals surface area contributed by atoms with E-state index in [1.807, 2.05) is 19.1 Å². The van der Waals surface area contributed by atoms with Crippen molar-refractivity contribution in [2.24, 2.45) is 0 Å². The number of rotatable bonds is 6. The molecule has 2 rings (SSSR count). The summed E-state index contributed by atoms with van der Waals surface area (Å²) < 4.78 is 23.5. The van der Waals surface area contributed by atoms with Crippen molar-refractivity contribution in [3.05, 3.63) is 59.1 Å². The zero-order valence-electron chi connectivity index (χ0n) is 13.4. The van der Waals surface area contributed by atoms with Crippen LogP contribution in [0.3, 0.4) is 0 Å². The van der Waals surface area contributed by atoms with Crippen LogP contribution in [0.5, 0.6) is 0 Å². The molecule has 0 bridgehead atoms. The summed E-state index contributed by atoms with van der Waals surface area (Å²) in [6, 6.07) is 13.6. The summed E-state index contributed by atoms with van der Waals surface area (Å²) in [4.78, 5) is 12.2. The number of carbonyl (C=O) groups is 1. The van der Waals surface area contributed by atoms with Crippen molar-refractivity contribution in [3.8, 4) is 0 Å². The number of para-hydroxylation sites is 1. The number of amides is 1. The average molecular weight is 367 g/mol. The van der Waals surface area contributed by atoms with Gasteiger partial charge in [-0.05, 0) is 36.8 Å². The van der Waals surface area contributed by atoms with Gasteiger partial charge in [0.1, 0.15) is 0 Å². The number of sulfone groups is 1. The highest BCUT2D eigenvalue weighted by atomic mass is 35.5. The van der Waals surface area contributed by atoms with E-state index in [-0.39, 0.29) is 29.1 Å². The molecule has 0 unspecified atom stereocenters. The quantitative estimate of drug-likeness (QED) is 0.824. The minimum atomic E-state index is -3.41. The van der Waals surface area contributed by atoms with E-state index >= 15 is 0 Å². The molecule has 0 aliphatic heterocycles. The number of benzene rings is 2. The van der Waals surface area contributed by atoms with E-state index in [0.29, 0.717) is 5.02 Å². The Balaban J connectivity index is 1.98. The van der Waals surface area contributed by atoms with Crippen LogP contribution in [0, 0.1) is 0 Å². The normalized spacial score (nSPS) is 12.6. The zero-order chi connectivity index (χ0) is 17.7. The maximum atomic E-state index is 12.1. The molecule has 0 saturated heterocycles. The van der Waals surface area contributed by atoms with Crippen molar-refractivity contribution in [1.29, 1.82) is 0 Å². The Labute approximate surface area is 147 Å². The second-order valence-corrected chi connectivity index (χ2v) is 7.89. The van der Waals surface area contributed by atoms with Crippen molar-refractivity contribution in [2.75, 3.05) is 18.1 Å². The molecule has 0 aromatic heterocycles. The third-order valence-electron chi connectivity index (χ3n) is 3.50. The lowest BCUT2D eigenvalue weighted by Crippen LogP contribution is -2.30. The first kappa shape index (κ1) is 18.4. The number of hydrogen-bond acceptors (Lipinski definition) is 4. The maximum absolute atomic E-state index is 12.1. The van der Waals surface area contributed by atoms with E-state index in [2.05, 4.69) is 10.6 Å². The maximum Gasteiger partial charge on any atom is 0.238 e. The molecule has 0 aliphatic carbocycles. The number of anilines is 1. The number of hydrogen-bond donors (Lipinski definition) is 2. The standard InChI is InChI=1S/C17H19ClN2O3S/c1-12(13-7-9-14(18)10-8-13)19-11-17(21)20-15-5-3-4-6-16(15)24(2,22)23/h3-10,12,19H,11H2,1-2H3,(H,20,21)/t12-/m1/s1. The van der Waals surface area contributed by atoms with Gasteiger partial charge in [0.15, 0.2) is 9.84 Å². The first-order chi connectivity index (χ1) is 11.3. The van der Waals surface area contributed by atoms with Crippen molar-refractivity contribution in [1.82, 2.24) is 5.32 Å². The molecule has 1 atom stereocenters. The number of carbonyl (C=O) groups excluding carboxylic acids is 1. The van der Waals surface area contributed by atoms with Crippen molar-refractivity contribution in [2.45, 2.75) is 17.9 Å². The van der Waals surface area contributed by atoms with Gasteiger partial charge in [-0.2, -0.15) is 0 Å². The van der Waals surface area contributed by atoms with Gasteiger partial charge in [-0.1, -0.05) is 35.9 Å². The van der Waals surface area contributed by atoms with E-state index in [0.717, 1.165) is 11.8 Å². The van der Waals surface area contributed by atoms with Crippen molar-refractivity contribution >= 4 is 33.0 Å². The second kappa shape index (κ2) is 7.79. The van der Waals surface area contributed by atoms with E-state index in [9.17, 15) is 13.2 Å². The molecule has 5 nitrogen and oxygen atoms in total. The molecule has 7 heteroatoms. The minimum absolute atomic E-state index is 0.0434. The summed E-state index contributed by atoms with van der Waals surface area (Å²) in [5.74, 6) is -0.313. The smallest absolute Gasteiger partial charge is 0.238 e. The summed E-state index contributed by atoms with van der Waals surface area (Å²) in [6.45, 7) is 1.99. The SMILES string of the molecule is C[C@@H](NCC(=O)Nc1ccccc1S(C)(=O)=O)c1ccc(Cl)cc1. The molecule has 0 spiro atoms. The predicted octanol–water partition coefficient (Wildman–Crippen LogP) is 3.03. The Kier molecular flexibility index (Phi) is 5.99. The van der Waals surface area contributed by atoms with Gasteiger partial charge in [0.25, 0.3) is 0 Å². The van der Waals surface area contributed by atoms with Crippen LogP contribution >= 0.6 is 11.6 Å². The molecule has 0 fully saturated rings. The summed E-state index contributed by atoms with van der Waals surface area (Å²) in [6.07, 6.45) is 1.11. The van der Waals surface area contributed by atoms with Gasteiger partial charge in [-0.3, -0.25) is 4.79 Å². The lowest BCUT2D eigenvalue weighted by Gasteiger charge is -2.15.